The van der Waals surface area contributed by atoms with Crippen LogP contribution in [0.25, 0.3) is 21.8 Å². The highest BCUT2D eigenvalue weighted by atomic mass is 32.1. The molecule has 6 rings (SSSR count). The number of nitrogens with zero attached hydrogens (tertiary/aromatic N) is 4. The number of H-pyrrole nitrogens is 1. The minimum atomic E-state index is -0.283. The summed E-state index contributed by atoms with van der Waals surface area (Å²) in [4.78, 5) is 38.6. The van der Waals surface area contributed by atoms with E-state index in [1.165, 1.54) is 25.5 Å². The Morgan fingerprint density at radius 1 is 1.00 bits per heavy atom. The number of thiocarbonyl (C=S) groups is 1. The highest BCUT2D eigenvalue weighted by Gasteiger charge is 2.37. The van der Waals surface area contributed by atoms with Crippen LogP contribution in [0, 0.1) is 0 Å². The third-order valence-corrected chi connectivity index (χ3v) is 7.84. The summed E-state index contributed by atoms with van der Waals surface area (Å²) in [6, 6.07) is 18.3. The number of hydrogen-bond donors (Lipinski definition) is 1. The second-order valence-electron chi connectivity index (χ2n) is 9.60. The molecule has 1 N–H and O–H groups in total. The largest absolute Gasteiger partial charge is 0.370 e. The van der Waals surface area contributed by atoms with Gasteiger partial charge < -0.3 is 14.8 Å². The van der Waals surface area contributed by atoms with Crippen molar-refractivity contribution in [3.05, 3.63) is 71.1 Å². The van der Waals surface area contributed by atoms with Gasteiger partial charge in [-0.2, -0.15) is 0 Å². The highest BCUT2D eigenvalue weighted by Crippen LogP contribution is 2.39. The van der Waals surface area contributed by atoms with Crippen molar-refractivity contribution in [3.63, 3.8) is 0 Å². The molecule has 0 atom stereocenters. The van der Waals surface area contributed by atoms with E-state index in [0.29, 0.717) is 27.9 Å². The quantitative estimate of drug-likeness (QED) is 0.401. The standard InChI is InChI=1S/C28H27N5O2S/c1-31(19-10-3-2-4-11-19)24-14-21-22(30-26(34)16-29-21)15-25(24)33-27(35)17-32(28(33)36)23-13-7-9-18-8-5-6-12-20(18)23/h5-9,12-16,19H,2-4,10-11,17H2,1H3,(H,30,34). The number of benzene rings is 3. The molecule has 4 aromatic rings. The molecule has 1 aliphatic heterocycles. The Labute approximate surface area is 214 Å². The van der Waals surface area contributed by atoms with Crippen LogP contribution in [0.2, 0.25) is 0 Å². The first-order valence-electron chi connectivity index (χ1n) is 12.4. The molecule has 1 aromatic heterocycles. The lowest BCUT2D eigenvalue weighted by molar-refractivity contribution is -0.115. The topological polar surface area (TPSA) is 72.5 Å². The van der Waals surface area contributed by atoms with Gasteiger partial charge in [-0.05, 0) is 48.6 Å². The molecule has 0 spiro atoms. The highest BCUT2D eigenvalue weighted by molar-refractivity contribution is 7.81. The number of aromatic nitrogens is 2. The number of aromatic amines is 1. The Kier molecular flexibility index (Phi) is 5.68. The lowest BCUT2D eigenvalue weighted by Gasteiger charge is -2.35. The first-order valence-corrected chi connectivity index (χ1v) is 12.8. The lowest BCUT2D eigenvalue weighted by atomic mass is 9.94. The second kappa shape index (κ2) is 9.02. The molecular weight excluding hydrogens is 470 g/mol. The van der Waals surface area contributed by atoms with Crippen molar-refractivity contribution in [1.29, 1.82) is 0 Å². The van der Waals surface area contributed by atoms with Gasteiger partial charge in [0.15, 0.2) is 5.11 Å². The van der Waals surface area contributed by atoms with Gasteiger partial charge in [0.2, 0.25) is 0 Å². The van der Waals surface area contributed by atoms with Crippen LogP contribution < -0.4 is 20.3 Å². The molecule has 0 unspecified atom stereocenters. The van der Waals surface area contributed by atoms with Crippen LogP contribution in [-0.4, -0.2) is 40.6 Å². The maximum atomic E-state index is 13.5. The summed E-state index contributed by atoms with van der Waals surface area (Å²) in [6.45, 7) is 0.154. The van der Waals surface area contributed by atoms with Gasteiger partial charge >= 0.3 is 0 Å². The number of rotatable bonds is 4. The summed E-state index contributed by atoms with van der Waals surface area (Å²) < 4.78 is 0. The van der Waals surface area contributed by atoms with Gasteiger partial charge in [-0.15, -0.1) is 0 Å². The van der Waals surface area contributed by atoms with E-state index in [4.69, 9.17) is 12.2 Å². The number of hydrogen-bond acceptors (Lipinski definition) is 5. The smallest absolute Gasteiger partial charge is 0.266 e. The van der Waals surface area contributed by atoms with E-state index in [9.17, 15) is 9.59 Å². The maximum absolute atomic E-state index is 13.5. The summed E-state index contributed by atoms with van der Waals surface area (Å²) in [7, 11) is 2.08. The van der Waals surface area contributed by atoms with Gasteiger partial charge in [0, 0.05) is 18.5 Å². The number of amides is 1. The van der Waals surface area contributed by atoms with E-state index in [-0.39, 0.29) is 18.0 Å². The first-order chi connectivity index (χ1) is 17.5. The molecule has 2 fully saturated rings. The Morgan fingerprint density at radius 3 is 2.61 bits per heavy atom. The first kappa shape index (κ1) is 22.7. The van der Waals surface area contributed by atoms with Gasteiger partial charge in [-0.1, -0.05) is 55.7 Å². The fourth-order valence-corrected chi connectivity index (χ4v) is 5.93. The average Bonchev–Trinajstić information content (AvgIpc) is 3.20. The van der Waals surface area contributed by atoms with Gasteiger partial charge in [0.05, 0.1) is 34.3 Å². The third kappa shape index (κ3) is 3.82. The van der Waals surface area contributed by atoms with Gasteiger partial charge in [-0.3, -0.25) is 14.5 Å². The SMILES string of the molecule is CN(c1cc2ncc(=O)[nH]c2cc1N1C(=O)CN(c2cccc3ccccc23)C1=S)C1CCCCC1. The van der Waals surface area contributed by atoms with Crippen LogP contribution >= 0.6 is 12.2 Å². The summed E-state index contributed by atoms with van der Waals surface area (Å²) in [5, 5.41) is 2.57. The second-order valence-corrected chi connectivity index (χ2v) is 9.97. The van der Waals surface area contributed by atoms with Crippen LogP contribution in [-0.2, 0) is 4.79 Å². The number of nitrogens with one attached hydrogen (secondary N) is 1. The molecule has 0 bridgehead atoms. The van der Waals surface area contributed by atoms with Gasteiger partial charge in [0.1, 0.15) is 6.54 Å². The minimum absolute atomic E-state index is 0.100. The summed E-state index contributed by atoms with van der Waals surface area (Å²) >= 11 is 5.94. The molecule has 8 heteroatoms. The minimum Gasteiger partial charge on any atom is -0.370 e. The van der Waals surface area contributed by atoms with Gasteiger partial charge in [0.25, 0.3) is 11.5 Å². The molecule has 0 radical (unpaired) electrons. The van der Waals surface area contributed by atoms with Gasteiger partial charge in [-0.25, -0.2) is 4.98 Å². The predicted molar refractivity (Wildman–Crippen MR) is 149 cm³/mol. The van der Waals surface area contributed by atoms with E-state index >= 15 is 0 Å². The molecule has 2 heterocycles. The van der Waals surface area contributed by atoms with Crippen LogP contribution in [0.4, 0.5) is 17.1 Å². The Bertz CT molecular complexity index is 1550. The molecule has 1 amide bonds. The molecular formula is C28H27N5O2S. The summed E-state index contributed by atoms with van der Waals surface area (Å²) in [6.07, 6.45) is 7.15. The zero-order chi connectivity index (χ0) is 24.8. The number of fused-ring (bicyclic) bond motifs is 2. The molecule has 7 nitrogen and oxygen atoms in total. The molecule has 1 saturated carbocycles. The van der Waals surface area contributed by atoms with E-state index in [1.54, 1.807) is 4.90 Å². The molecule has 2 aliphatic rings. The Hall–Kier alpha value is -3.78. The molecule has 1 aliphatic carbocycles. The normalized spacial score (nSPS) is 16.9. The summed E-state index contributed by atoms with van der Waals surface area (Å²) in [5.74, 6) is -0.100. The van der Waals surface area contributed by atoms with Crippen molar-refractivity contribution in [2.75, 3.05) is 28.3 Å². The number of carbonyl (C=O) groups excluding carboxylic acids is 1. The fraction of sp³-hybridized carbons (Fsp3) is 0.286. The zero-order valence-electron chi connectivity index (χ0n) is 20.1. The number of anilines is 3. The molecule has 36 heavy (non-hydrogen) atoms. The van der Waals surface area contributed by atoms with Crippen molar-refractivity contribution in [1.82, 2.24) is 9.97 Å². The third-order valence-electron chi connectivity index (χ3n) is 7.44. The fourth-order valence-electron chi connectivity index (χ4n) is 5.56. The van der Waals surface area contributed by atoms with E-state index < -0.39 is 0 Å². The van der Waals surface area contributed by atoms with Crippen molar-refractivity contribution < 1.29 is 4.79 Å². The zero-order valence-corrected chi connectivity index (χ0v) is 20.9. The van der Waals surface area contributed by atoms with Crippen molar-refractivity contribution in [3.8, 4) is 0 Å². The Morgan fingerprint density at radius 2 is 1.78 bits per heavy atom. The molecule has 1 saturated heterocycles. The molecule has 182 valence electrons. The van der Waals surface area contributed by atoms with Crippen LogP contribution in [0.5, 0.6) is 0 Å². The average molecular weight is 498 g/mol. The van der Waals surface area contributed by atoms with Crippen molar-refractivity contribution in [2.24, 2.45) is 0 Å². The Balaban J connectivity index is 1.47. The predicted octanol–water partition coefficient (Wildman–Crippen LogP) is 4.98. The van der Waals surface area contributed by atoms with Crippen molar-refractivity contribution >= 4 is 62.1 Å². The van der Waals surface area contributed by atoms with E-state index in [1.807, 2.05) is 41.3 Å². The maximum Gasteiger partial charge on any atom is 0.266 e. The van der Waals surface area contributed by atoms with E-state index in [0.717, 1.165) is 35.0 Å². The van der Waals surface area contributed by atoms with Crippen LogP contribution in [0.1, 0.15) is 32.1 Å². The lowest BCUT2D eigenvalue weighted by Crippen LogP contribution is -2.37. The van der Waals surface area contributed by atoms with Crippen molar-refractivity contribution in [2.45, 2.75) is 38.1 Å². The van der Waals surface area contributed by atoms with E-state index in [2.05, 4.69) is 40.1 Å². The van der Waals surface area contributed by atoms with Crippen LogP contribution in [0.15, 0.2) is 65.6 Å². The summed E-state index contributed by atoms with van der Waals surface area (Å²) in [5.41, 5.74) is 3.46. The molecule has 3 aromatic carbocycles. The van der Waals surface area contributed by atoms with Crippen LogP contribution in [0.3, 0.4) is 0 Å². The monoisotopic (exact) mass is 497 g/mol. The number of carbonyl (C=O) groups is 1.